The molecule has 0 atom stereocenters. The summed E-state index contributed by atoms with van der Waals surface area (Å²) in [6.07, 6.45) is 0. The van der Waals surface area contributed by atoms with E-state index < -0.39 is 15.7 Å². The van der Waals surface area contributed by atoms with Gasteiger partial charge in [0, 0.05) is 11.3 Å². The van der Waals surface area contributed by atoms with Gasteiger partial charge in [-0.1, -0.05) is 43.8 Å². The molecule has 0 unspecified atom stereocenters. The smallest absolute Gasteiger partial charge is 0.228 e. The lowest BCUT2D eigenvalue weighted by Gasteiger charge is -2.05. The highest BCUT2D eigenvalue weighted by atomic mass is 32.2. The standard InChI is InChI=1S/C19H18FNO3S2/c1-13(2)12-25-19-18(21-17(24-19)14-6-4-3-5-7-14)26(22,23)16-10-8-15(20)9-11-16/h3-11,13H,12H2,1-2H3. The number of rotatable bonds is 6. The summed E-state index contributed by atoms with van der Waals surface area (Å²) >= 11 is 1.31. The number of hydrogen-bond donors (Lipinski definition) is 0. The number of benzene rings is 2. The Labute approximate surface area is 156 Å². The van der Waals surface area contributed by atoms with Gasteiger partial charge in [-0.25, -0.2) is 12.8 Å². The van der Waals surface area contributed by atoms with Crippen LogP contribution in [0.1, 0.15) is 13.8 Å². The third-order valence-electron chi connectivity index (χ3n) is 3.51. The van der Waals surface area contributed by atoms with Gasteiger partial charge in [0.15, 0.2) is 0 Å². The van der Waals surface area contributed by atoms with E-state index in [9.17, 15) is 12.8 Å². The van der Waals surface area contributed by atoms with Crippen molar-refractivity contribution in [3.05, 3.63) is 60.4 Å². The fourth-order valence-corrected chi connectivity index (χ4v) is 4.70. The molecule has 3 rings (SSSR count). The first-order valence-electron chi connectivity index (χ1n) is 8.07. The minimum absolute atomic E-state index is 0.0155. The number of oxazole rings is 1. The molecule has 0 aliphatic carbocycles. The summed E-state index contributed by atoms with van der Waals surface area (Å²) < 4.78 is 44.9. The number of nitrogens with zero attached hydrogens (tertiary/aromatic N) is 1. The monoisotopic (exact) mass is 391 g/mol. The Morgan fingerprint density at radius 1 is 1.08 bits per heavy atom. The first-order valence-corrected chi connectivity index (χ1v) is 10.5. The van der Waals surface area contributed by atoms with Crippen LogP contribution in [-0.2, 0) is 9.84 Å². The molecule has 0 spiro atoms. The van der Waals surface area contributed by atoms with Gasteiger partial charge in [-0.05, 0) is 42.3 Å². The maximum atomic E-state index is 13.2. The summed E-state index contributed by atoms with van der Waals surface area (Å²) in [7, 11) is -3.91. The average Bonchev–Trinajstić information content (AvgIpc) is 3.06. The molecular formula is C19H18FNO3S2. The summed E-state index contributed by atoms with van der Waals surface area (Å²) in [5, 5.41) is 0.121. The summed E-state index contributed by atoms with van der Waals surface area (Å²) in [5.74, 6) is 0.794. The molecule has 7 heteroatoms. The molecule has 0 aliphatic heterocycles. The van der Waals surface area contributed by atoms with Gasteiger partial charge >= 0.3 is 0 Å². The number of sulfone groups is 1. The van der Waals surface area contributed by atoms with Crippen molar-refractivity contribution in [2.75, 3.05) is 5.75 Å². The van der Waals surface area contributed by atoms with Crippen LogP contribution in [0.4, 0.5) is 4.39 Å². The normalized spacial score (nSPS) is 11.8. The Morgan fingerprint density at radius 2 is 1.73 bits per heavy atom. The van der Waals surface area contributed by atoms with E-state index in [0.717, 1.165) is 12.1 Å². The molecule has 4 nitrogen and oxygen atoms in total. The molecule has 26 heavy (non-hydrogen) atoms. The molecule has 0 saturated carbocycles. The molecule has 0 amide bonds. The van der Waals surface area contributed by atoms with Crippen LogP contribution in [0.2, 0.25) is 0 Å². The molecular weight excluding hydrogens is 373 g/mol. The topological polar surface area (TPSA) is 60.2 Å². The van der Waals surface area contributed by atoms with Crippen LogP contribution < -0.4 is 0 Å². The zero-order valence-corrected chi connectivity index (χ0v) is 16.0. The highest BCUT2D eigenvalue weighted by molar-refractivity contribution is 8.00. The van der Waals surface area contributed by atoms with Crippen LogP contribution in [-0.4, -0.2) is 19.2 Å². The van der Waals surface area contributed by atoms with E-state index in [-0.39, 0.29) is 20.9 Å². The molecule has 1 aromatic heterocycles. The number of thioether (sulfide) groups is 1. The van der Waals surface area contributed by atoms with Crippen molar-refractivity contribution in [3.8, 4) is 11.5 Å². The van der Waals surface area contributed by atoms with Gasteiger partial charge in [-0.15, -0.1) is 0 Å². The molecule has 136 valence electrons. The zero-order chi connectivity index (χ0) is 18.7. The van der Waals surface area contributed by atoms with Crippen LogP contribution in [0.5, 0.6) is 0 Å². The predicted octanol–water partition coefficient (Wildman–Crippen LogP) is 5.06. The maximum absolute atomic E-state index is 13.2. The second-order valence-electron chi connectivity index (χ2n) is 6.14. The van der Waals surface area contributed by atoms with Gasteiger partial charge < -0.3 is 4.42 Å². The Hall–Kier alpha value is -2.12. The third-order valence-corrected chi connectivity index (χ3v) is 6.69. The molecule has 0 fully saturated rings. The van der Waals surface area contributed by atoms with Crippen molar-refractivity contribution in [1.29, 1.82) is 0 Å². The van der Waals surface area contributed by atoms with E-state index in [4.69, 9.17) is 4.42 Å². The molecule has 3 aromatic rings. The molecule has 1 heterocycles. The average molecular weight is 391 g/mol. The Bertz CT molecular complexity index is 981. The van der Waals surface area contributed by atoms with Gasteiger partial charge in [-0.3, -0.25) is 0 Å². The summed E-state index contributed by atoms with van der Waals surface area (Å²) in [5.41, 5.74) is 0.694. The first-order chi connectivity index (χ1) is 12.4. The largest absolute Gasteiger partial charge is 0.428 e. The minimum atomic E-state index is -3.91. The Kier molecular flexibility index (Phi) is 5.48. The first kappa shape index (κ1) is 18.7. The van der Waals surface area contributed by atoms with Crippen molar-refractivity contribution in [2.45, 2.75) is 28.9 Å². The van der Waals surface area contributed by atoms with E-state index in [2.05, 4.69) is 4.98 Å². The van der Waals surface area contributed by atoms with E-state index in [1.165, 1.54) is 23.9 Å². The van der Waals surface area contributed by atoms with Gasteiger partial charge in [0.2, 0.25) is 25.8 Å². The van der Waals surface area contributed by atoms with Gasteiger partial charge in [0.1, 0.15) is 5.82 Å². The number of halogens is 1. The van der Waals surface area contributed by atoms with Crippen LogP contribution in [0.3, 0.4) is 0 Å². The van der Waals surface area contributed by atoms with Crippen LogP contribution in [0, 0.1) is 11.7 Å². The highest BCUT2D eigenvalue weighted by Gasteiger charge is 2.28. The van der Waals surface area contributed by atoms with Crippen LogP contribution in [0.15, 0.2) is 74.0 Å². The zero-order valence-electron chi connectivity index (χ0n) is 14.3. The molecule has 0 saturated heterocycles. The van der Waals surface area contributed by atoms with E-state index in [1.54, 1.807) is 12.1 Å². The lowest BCUT2D eigenvalue weighted by atomic mass is 10.2. The molecule has 0 bridgehead atoms. The van der Waals surface area contributed by atoms with Crippen LogP contribution >= 0.6 is 11.8 Å². The van der Waals surface area contributed by atoms with Crippen molar-refractivity contribution < 1.29 is 17.2 Å². The third kappa shape index (κ3) is 3.99. The molecule has 0 N–H and O–H groups in total. The molecule has 0 radical (unpaired) electrons. The van der Waals surface area contributed by atoms with E-state index in [1.807, 2.05) is 32.0 Å². The number of aromatic nitrogens is 1. The second-order valence-corrected chi connectivity index (χ2v) is 9.00. The molecule has 2 aromatic carbocycles. The quantitative estimate of drug-likeness (QED) is 0.434. The predicted molar refractivity (Wildman–Crippen MR) is 99.4 cm³/mol. The van der Waals surface area contributed by atoms with Crippen molar-refractivity contribution in [1.82, 2.24) is 4.98 Å². The highest BCUT2D eigenvalue weighted by Crippen LogP contribution is 2.35. The fourth-order valence-electron chi connectivity index (χ4n) is 2.23. The Balaban J connectivity index is 2.08. The van der Waals surface area contributed by atoms with Gasteiger partial charge in [0.05, 0.1) is 4.90 Å². The fraction of sp³-hybridized carbons (Fsp3) is 0.211. The Morgan fingerprint density at radius 3 is 2.35 bits per heavy atom. The summed E-state index contributed by atoms with van der Waals surface area (Å²) in [4.78, 5) is 4.24. The lowest BCUT2D eigenvalue weighted by Crippen LogP contribution is -2.04. The SMILES string of the molecule is CC(C)CSc1oc(-c2ccccc2)nc1S(=O)(=O)c1ccc(F)cc1. The second kappa shape index (κ2) is 7.63. The lowest BCUT2D eigenvalue weighted by molar-refractivity contribution is 0.469. The van der Waals surface area contributed by atoms with E-state index in [0.29, 0.717) is 17.2 Å². The maximum Gasteiger partial charge on any atom is 0.228 e. The van der Waals surface area contributed by atoms with Crippen molar-refractivity contribution in [3.63, 3.8) is 0 Å². The number of hydrogen-bond acceptors (Lipinski definition) is 5. The van der Waals surface area contributed by atoms with Crippen LogP contribution in [0.25, 0.3) is 11.5 Å². The summed E-state index contributed by atoms with van der Waals surface area (Å²) in [6, 6.07) is 13.8. The summed E-state index contributed by atoms with van der Waals surface area (Å²) in [6.45, 7) is 4.07. The van der Waals surface area contributed by atoms with Gasteiger partial charge in [-0.2, -0.15) is 4.98 Å². The van der Waals surface area contributed by atoms with Crippen molar-refractivity contribution >= 4 is 21.6 Å². The van der Waals surface area contributed by atoms with E-state index >= 15 is 0 Å². The molecule has 0 aliphatic rings. The van der Waals surface area contributed by atoms with Crippen molar-refractivity contribution in [2.24, 2.45) is 5.92 Å². The minimum Gasteiger partial charge on any atom is -0.428 e. The van der Waals surface area contributed by atoms with Gasteiger partial charge in [0.25, 0.3) is 0 Å².